The molecule has 0 amide bonds. The van der Waals surface area contributed by atoms with Gasteiger partial charge in [0.15, 0.2) is 5.96 Å². The number of carbonyl (C=O) groups is 1. The molecule has 0 aliphatic carbocycles. The standard InChI is InChI=1S/C20H33N3O3/c1-20(2,3)26-17-12-9-8-11-16(17)15-23-19(21-4)22-14-10-6-7-13-18(24)25-5/h8-9,11-12H,6-7,10,13-15H2,1-5H3,(H2,21,22,23). The third-order valence-corrected chi connectivity index (χ3v) is 3.64. The first-order valence-corrected chi connectivity index (χ1v) is 9.14. The molecule has 146 valence electrons. The van der Waals surface area contributed by atoms with Crippen molar-refractivity contribution in [2.45, 2.75) is 58.6 Å². The number of rotatable bonds is 9. The first-order chi connectivity index (χ1) is 12.4. The molecule has 26 heavy (non-hydrogen) atoms. The van der Waals surface area contributed by atoms with Crippen LogP contribution < -0.4 is 15.4 Å². The van der Waals surface area contributed by atoms with Crippen molar-refractivity contribution in [2.24, 2.45) is 4.99 Å². The van der Waals surface area contributed by atoms with Gasteiger partial charge in [-0.1, -0.05) is 24.6 Å². The minimum absolute atomic E-state index is 0.147. The van der Waals surface area contributed by atoms with Gasteiger partial charge in [-0.3, -0.25) is 9.79 Å². The zero-order valence-electron chi connectivity index (χ0n) is 16.7. The summed E-state index contributed by atoms with van der Waals surface area (Å²) in [6.45, 7) is 7.56. The van der Waals surface area contributed by atoms with Gasteiger partial charge in [-0.25, -0.2) is 0 Å². The number of para-hydroxylation sites is 1. The predicted molar refractivity (Wildman–Crippen MR) is 106 cm³/mol. The van der Waals surface area contributed by atoms with E-state index in [1.165, 1.54) is 7.11 Å². The van der Waals surface area contributed by atoms with Gasteiger partial charge in [-0.05, 0) is 39.7 Å². The number of esters is 1. The maximum Gasteiger partial charge on any atom is 0.305 e. The molecule has 1 aromatic rings. The van der Waals surface area contributed by atoms with Gasteiger partial charge in [0.2, 0.25) is 0 Å². The summed E-state index contributed by atoms with van der Waals surface area (Å²) in [7, 11) is 3.17. The zero-order valence-corrected chi connectivity index (χ0v) is 16.7. The molecule has 6 nitrogen and oxygen atoms in total. The van der Waals surface area contributed by atoms with Gasteiger partial charge in [0.25, 0.3) is 0 Å². The second-order valence-electron chi connectivity index (χ2n) is 7.06. The number of nitrogens with zero attached hydrogens (tertiary/aromatic N) is 1. The van der Waals surface area contributed by atoms with E-state index in [4.69, 9.17) is 4.74 Å². The molecule has 0 aliphatic rings. The Hall–Kier alpha value is -2.24. The summed E-state index contributed by atoms with van der Waals surface area (Å²) in [6.07, 6.45) is 3.27. The minimum atomic E-state index is -0.236. The largest absolute Gasteiger partial charge is 0.488 e. The van der Waals surface area contributed by atoms with Crippen LogP contribution in [-0.4, -0.2) is 38.2 Å². The molecule has 1 aromatic carbocycles. The Morgan fingerprint density at radius 2 is 1.85 bits per heavy atom. The summed E-state index contributed by atoms with van der Waals surface area (Å²) in [4.78, 5) is 15.3. The maximum atomic E-state index is 11.1. The van der Waals surface area contributed by atoms with E-state index >= 15 is 0 Å². The number of hydrogen-bond donors (Lipinski definition) is 2. The van der Waals surface area contributed by atoms with Crippen LogP contribution in [0.2, 0.25) is 0 Å². The van der Waals surface area contributed by atoms with Crippen LogP contribution in [0.15, 0.2) is 29.3 Å². The van der Waals surface area contributed by atoms with E-state index in [9.17, 15) is 4.79 Å². The predicted octanol–water partition coefficient (Wildman–Crippen LogP) is 3.26. The molecule has 2 N–H and O–H groups in total. The first-order valence-electron chi connectivity index (χ1n) is 9.14. The lowest BCUT2D eigenvalue weighted by Gasteiger charge is -2.23. The molecule has 1 rings (SSSR count). The van der Waals surface area contributed by atoms with Gasteiger partial charge in [-0.2, -0.15) is 0 Å². The Kier molecular flexibility index (Phi) is 9.55. The van der Waals surface area contributed by atoms with Gasteiger partial charge in [0, 0.05) is 32.1 Å². The highest BCUT2D eigenvalue weighted by atomic mass is 16.5. The van der Waals surface area contributed by atoms with E-state index in [-0.39, 0.29) is 11.6 Å². The number of methoxy groups -OCH3 is 1. The fourth-order valence-corrected chi connectivity index (χ4v) is 2.36. The van der Waals surface area contributed by atoms with E-state index < -0.39 is 0 Å². The van der Waals surface area contributed by atoms with Crippen LogP contribution in [0.1, 0.15) is 52.0 Å². The molecular formula is C20H33N3O3. The molecule has 0 unspecified atom stereocenters. The molecule has 0 saturated heterocycles. The number of aliphatic imine (C=N–C) groups is 1. The summed E-state index contributed by atoms with van der Waals surface area (Å²) >= 11 is 0. The van der Waals surface area contributed by atoms with Gasteiger partial charge in [-0.15, -0.1) is 0 Å². The van der Waals surface area contributed by atoms with Crippen molar-refractivity contribution >= 4 is 11.9 Å². The lowest BCUT2D eigenvalue weighted by Crippen LogP contribution is -2.37. The molecule has 0 bridgehead atoms. The topological polar surface area (TPSA) is 72.0 Å². The van der Waals surface area contributed by atoms with Crippen LogP contribution in [0.3, 0.4) is 0 Å². The van der Waals surface area contributed by atoms with E-state index in [1.807, 2.05) is 45.0 Å². The SMILES string of the molecule is CN=C(NCCCCCC(=O)OC)NCc1ccccc1OC(C)(C)C. The van der Waals surface area contributed by atoms with E-state index in [0.717, 1.165) is 43.1 Å². The summed E-state index contributed by atoms with van der Waals surface area (Å²) in [5, 5.41) is 6.61. The van der Waals surface area contributed by atoms with Crippen molar-refractivity contribution in [1.82, 2.24) is 10.6 Å². The highest BCUT2D eigenvalue weighted by Gasteiger charge is 2.14. The number of hydrogen-bond acceptors (Lipinski definition) is 4. The second-order valence-corrected chi connectivity index (χ2v) is 7.06. The lowest BCUT2D eigenvalue weighted by atomic mass is 10.1. The Morgan fingerprint density at radius 1 is 1.12 bits per heavy atom. The van der Waals surface area contributed by atoms with Crippen LogP contribution in [0.25, 0.3) is 0 Å². The summed E-state index contributed by atoms with van der Waals surface area (Å²) in [5.74, 6) is 1.49. The van der Waals surface area contributed by atoms with Crippen LogP contribution in [0.4, 0.5) is 0 Å². The Labute approximate surface area is 157 Å². The van der Waals surface area contributed by atoms with Crippen molar-refractivity contribution in [3.05, 3.63) is 29.8 Å². The van der Waals surface area contributed by atoms with Gasteiger partial charge in [0.1, 0.15) is 11.4 Å². The normalized spacial score (nSPS) is 11.8. The number of ether oxygens (including phenoxy) is 2. The molecule has 0 fully saturated rings. The molecule has 0 atom stereocenters. The fourth-order valence-electron chi connectivity index (χ4n) is 2.36. The highest BCUT2D eigenvalue weighted by molar-refractivity contribution is 5.79. The molecule has 0 radical (unpaired) electrons. The van der Waals surface area contributed by atoms with Crippen molar-refractivity contribution in [2.75, 3.05) is 20.7 Å². The van der Waals surface area contributed by atoms with Crippen molar-refractivity contribution < 1.29 is 14.3 Å². The zero-order chi connectivity index (χ0) is 19.4. The third kappa shape index (κ3) is 9.30. The molecular weight excluding hydrogens is 330 g/mol. The molecule has 0 heterocycles. The first kappa shape index (κ1) is 21.8. The number of nitrogens with one attached hydrogen (secondary N) is 2. The average Bonchev–Trinajstić information content (AvgIpc) is 2.60. The average molecular weight is 364 g/mol. The van der Waals surface area contributed by atoms with Gasteiger partial charge < -0.3 is 20.1 Å². The summed E-state index contributed by atoms with van der Waals surface area (Å²) < 4.78 is 10.6. The van der Waals surface area contributed by atoms with E-state index in [2.05, 4.69) is 20.4 Å². The Morgan fingerprint density at radius 3 is 2.50 bits per heavy atom. The minimum Gasteiger partial charge on any atom is -0.488 e. The Bertz CT molecular complexity index is 580. The van der Waals surface area contributed by atoms with Gasteiger partial charge >= 0.3 is 5.97 Å². The highest BCUT2D eigenvalue weighted by Crippen LogP contribution is 2.22. The van der Waals surface area contributed by atoms with E-state index in [1.54, 1.807) is 7.05 Å². The molecule has 0 saturated carbocycles. The molecule has 0 spiro atoms. The van der Waals surface area contributed by atoms with E-state index in [0.29, 0.717) is 13.0 Å². The summed E-state index contributed by atoms with van der Waals surface area (Å²) in [6, 6.07) is 8.02. The quantitative estimate of drug-likeness (QED) is 0.305. The molecule has 6 heteroatoms. The summed E-state index contributed by atoms with van der Waals surface area (Å²) in [5.41, 5.74) is 0.851. The van der Waals surface area contributed by atoms with Gasteiger partial charge in [0.05, 0.1) is 7.11 Å². The van der Waals surface area contributed by atoms with Crippen molar-refractivity contribution in [1.29, 1.82) is 0 Å². The molecule has 0 aliphatic heterocycles. The van der Waals surface area contributed by atoms with Crippen LogP contribution in [0.5, 0.6) is 5.75 Å². The second kappa shape index (κ2) is 11.4. The number of carbonyl (C=O) groups excluding carboxylic acids is 1. The maximum absolute atomic E-state index is 11.1. The Balaban J connectivity index is 2.38. The van der Waals surface area contributed by atoms with Crippen molar-refractivity contribution in [3.8, 4) is 5.75 Å². The van der Waals surface area contributed by atoms with Crippen LogP contribution >= 0.6 is 0 Å². The van der Waals surface area contributed by atoms with Crippen LogP contribution in [0, 0.1) is 0 Å². The third-order valence-electron chi connectivity index (χ3n) is 3.64. The molecule has 0 aromatic heterocycles. The smallest absolute Gasteiger partial charge is 0.305 e. The lowest BCUT2D eigenvalue weighted by molar-refractivity contribution is -0.140. The number of guanidine groups is 1. The number of unbranched alkanes of at least 4 members (excludes halogenated alkanes) is 2. The number of benzene rings is 1. The van der Waals surface area contributed by atoms with Crippen molar-refractivity contribution in [3.63, 3.8) is 0 Å². The monoisotopic (exact) mass is 363 g/mol. The fraction of sp³-hybridized carbons (Fsp3) is 0.600. The van der Waals surface area contributed by atoms with Crippen LogP contribution in [-0.2, 0) is 16.1 Å².